The van der Waals surface area contributed by atoms with Crippen LogP contribution in [0.1, 0.15) is 24.2 Å². The van der Waals surface area contributed by atoms with E-state index in [9.17, 15) is 14.4 Å². The maximum Gasteiger partial charge on any atom is 0.256 e. The van der Waals surface area contributed by atoms with Crippen molar-refractivity contribution in [3.05, 3.63) is 35.9 Å². The van der Waals surface area contributed by atoms with Gasteiger partial charge in [-0.25, -0.2) is 0 Å². The average Bonchev–Trinajstić information content (AvgIpc) is 2.28. The van der Waals surface area contributed by atoms with E-state index in [0.29, 0.717) is 5.56 Å². The van der Waals surface area contributed by atoms with Crippen LogP contribution in [0.4, 0.5) is 0 Å². The van der Waals surface area contributed by atoms with E-state index < -0.39 is 11.8 Å². The first kappa shape index (κ1) is 14.2. The molecule has 0 spiro atoms. The predicted molar refractivity (Wildman–Crippen MR) is 71.4 cm³/mol. The van der Waals surface area contributed by atoms with Crippen LogP contribution in [0.3, 0.4) is 0 Å². The number of amides is 1. The summed E-state index contributed by atoms with van der Waals surface area (Å²) in [6.45, 7) is 2.54. The molecular weight excluding hydrogens is 250 g/mol. The highest BCUT2D eigenvalue weighted by Gasteiger charge is 2.25. The fraction of sp³-hybridized carbons (Fsp3) is 0.231. The number of thiocarbonyl (C=S) groups is 1. The number of rotatable bonds is 4. The second-order valence-corrected chi connectivity index (χ2v) is 4.28. The molecule has 0 heterocycles. The molecule has 0 unspecified atom stereocenters. The topological polar surface area (TPSA) is 63.2 Å². The number of hydrogen-bond donors (Lipinski definition) is 1. The molecule has 1 amide bonds. The molecule has 0 aromatic heterocycles. The van der Waals surface area contributed by atoms with Gasteiger partial charge in [-0.2, -0.15) is 0 Å². The van der Waals surface area contributed by atoms with Crippen molar-refractivity contribution in [2.24, 2.45) is 5.92 Å². The summed E-state index contributed by atoms with van der Waals surface area (Å²) >= 11 is 4.93. The molecule has 5 heteroatoms. The predicted octanol–water partition coefficient (Wildman–Crippen LogP) is 1.54. The summed E-state index contributed by atoms with van der Waals surface area (Å²) in [5.74, 6) is -2.22. The summed E-state index contributed by atoms with van der Waals surface area (Å²) in [6, 6.07) is 8.45. The van der Waals surface area contributed by atoms with Gasteiger partial charge in [0.25, 0.3) is 5.91 Å². The third-order valence-corrected chi connectivity index (χ3v) is 2.69. The zero-order valence-electron chi connectivity index (χ0n) is 10.1. The van der Waals surface area contributed by atoms with Crippen LogP contribution in [0.25, 0.3) is 0 Å². The van der Waals surface area contributed by atoms with Crippen molar-refractivity contribution < 1.29 is 14.4 Å². The Bertz CT molecular complexity index is 482. The lowest BCUT2D eigenvalue weighted by Gasteiger charge is -2.13. The molecule has 0 aliphatic heterocycles. The fourth-order valence-electron chi connectivity index (χ4n) is 1.50. The van der Waals surface area contributed by atoms with Gasteiger partial charge in [-0.3, -0.25) is 14.4 Å². The number of nitrogens with one attached hydrogen (secondary N) is 1. The number of Topliss-reactive ketones (excluding diaryl/α,β-unsaturated/α-hetero) is 2. The van der Waals surface area contributed by atoms with Crippen LogP contribution in [0.5, 0.6) is 0 Å². The highest BCUT2D eigenvalue weighted by Crippen LogP contribution is 2.04. The summed E-state index contributed by atoms with van der Waals surface area (Å²) in [4.78, 5) is 34.3. The number of ketones is 2. The summed E-state index contributed by atoms with van der Waals surface area (Å²) < 4.78 is 0. The van der Waals surface area contributed by atoms with Crippen LogP contribution in [0, 0.1) is 5.92 Å². The summed E-state index contributed by atoms with van der Waals surface area (Å²) in [6.07, 6.45) is 0. The van der Waals surface area contributed by atoms with Crippen molar-refractivity contribution in [3.63, 3.8) is 0 Å². The van der Waals surface area contributed by atoms with Crippen LogP contribution >= 0.6 is 12.2 Å². The minimum absolute atomic E-state index is 0.0520. The lowest BCUT2D eigenvalue weighted by molar-refractivity contribution is -0.127. The second-order valence-electron chi connectivity index (χ2n) is 3.84. The van der Waals surface area contributed by atoms with E-state index in [0.717, 1.165) is 0 Å². The fourth-order valence-corrected chi connectivity index (χ4v) is 1.93. The lowest BCUT2D eigenvalue weighted by Crippen LogP contribution is -2.40. The van der Waals surface area contributed by atoms with Gasteiger partial charge in [-0.1, -0.05) is 30.4 Å². The monoisotopic (exact) mass is 263 g/mol. The highest BCUT2D eigenvalue weighted by atomic mass is 32.1. The molecule has 1 aromatic carbocycles. The van der Waals surface area contributed by atoms with Gasteiger partial charge < -0.3 is 5.32 Å². The molecule has 1 rings (SSSR count). The number of benzene rings is 1. The molecule has 0 bridgehead atoms. The summed E-state index contributed by atoms with van der Waals surface area (Å²) in [5, 5.41) is 2.41. The first-order valence-electron chi connectivity index (χ1n) is 5.34. The first-order chi connectivity index (χ1) is 8.43. The Kier molecular flexibility index (Phi) is 4.85. The van der Waals surface area contributed by atoms with E-state index in [1.165, 1.54) is 13.8 Å². The largest absolute Gasteiger partial charge is 0.315 e. The van der Waals surface area contributed by atoms with E-state index >= 15 is 0 Å². The number of carbonyl (C=O) groups excluding carboxylic acids is 3. The van der Waals surface area contributed by atoms with Gasteiger partial charge in [0.15, 0.2) is 0 Å². The third kappa shape index (κ3) is 3.56. The molecule has 18 heavy (non-hydrogen) atoms. The zero-order valence-corrected chi connectivity index (χ0v) is 10.9. The van der Waals surface area contributed by atoms with Gasteiger partial charge in [0.2, 0.25) is 0 Å². The quantitative estimate of drug-likeness (QED) is 0.661. The zero-order chi connectivity index (χ0) is 13.7. The van der Waals surface area contributed by atoms with Crippen molar-refractivity contribution in [2.75, 3.05) is 0 Å². The molecule has 0 saturated carbocycles. The summed E-state index contributed by atoms with van der Waals surface area (Å²) in [7, 11) is 0. The third-order valence-electron chi connectivity index (χ3n) is 2.35. The van der Waals surface area contributed by atoms with Crippen LogP contribution in [0.15, 0.2) is 30.3 Å². The van der Waals surface area contributed by atoms with E-state index in [4.69, 9.17) is 12.2 Å². The standard InChI is InChI=1S/C13H13NO3S/c1-8(15)11(9(2)16)13(18)14-12(17)10-6-4-3-5-7-10/h3-7,11H,1-2H3,(H,14,17,18). The first-order valence-corrected chi connectivity index (χ1v) is 5.75. The smallest absolute Gasteiger partial charge is 0.256 e. The van der Waals surface area contributed by atoms with Gasteiger partial charge in [0, 0.05) is 5.56 Å². The molecule has 0 atom stereocenters. The van der Waals surface area contributed by atoms with E-state index in [2.05, 4.69) is 5.32 Å². The maximum atomic E-state index is 11.8. The van der Waals surface area contributed by atoms with Gasteiger partial charge in [0.05, 0.1) is 0 Å². The van der Waals surface area contributed by atoms with Crippen LogP contribution in [0.2, 0.25) is 0 Å². The Balaban J connectivity index is 2.79. The molecule has 1 N–H and O–H groups in total. The average molecular weight is 263 g/mol. The van der Waals surface area contributed by atoms with Crippen LogP contribution < -0.4 is 5.32 Å². The maximum absolute atomic E-state index is 11.8. The van der Waals surface area contributed by atoms with Crippen molar-refractivity contribution in [1.29, 1.82) is 0 Å². The van der Waals surface area contributed by atoms with Crippen LogP contribution in [-0.4, -0.2) is 22.5 Å². The van der Waals surface area contributed by atoms with Crippen LogP contribution in [-0.2, 0) is 9.59 Å². The Hall–Kier alpha value is -1.88. The van der Waals surface area contributed by atoms with Gasteiger partial charge in [-0.15, -0.1) is 0 Å². The molecule has 0 aliphatic carbocycles. The van der Waals surface area contributed by atoms with Gasteiger partial charge in [0.1, 0.15) is 22.5 Å². The molecule has 0 fully saturated rings. The lowest BCUT2D eigenvalue weighted by atomic mass is 10.0. The minimum Gasteiger partial charge on any atom is -0.315 e. The second kappa shape index (κ2) is 6.16. The Morgan fingerprint density at radius 1 is 1.06 bits per heavy atom. The Morgan fingerprint density at radius 3 is 2.00 bits per heavy atom. The SMILES string of the molecule is CC(=O)C(C(C)=O)C(=S)NC(=O)c1ccccc1. The minimum atomic E-state index is -1.05. The van der Waals surface area contributed by atoms with Gasteiger partial charge >= 0.3 is 0 Å². The van der Waals surface area contributed by atoms with Crippen molar-refractivity contribution in [1.82, 2.24) is 5.32 Å². The molecule has 0 aliphatic rings. The van der Waals surface area contributed by atoms with E-state index in [1.807, 2.05) is 0 Å². The highest BCUT2D eigenvalue weighted by molar-refractivity contribution is 7.80. The number of hydrogen-bond acceptors (Lipinski definition) is 4. The van der Waals surface area contributed by atoms with Crippen molar-refractivity contribution in [3.8, 4) is 0 Å². The molecule has 1 aromatic rings. The normalized spacial score (nSPS) is 9.94. The Morgan fingerprint density at radius 2 is 1.56 bits per heavy atom. The van der Waals surface area contributed by atoms with Gasteiger partial charge in [-0.05, 0) is 26.0 Å². The van der Waals surface area contributed by atoms with E-state index in [1.54, 1.807) is 30.3 Å². The molecule has 4 nitrogen and oxygen atoms in total. The van der Waals surface area contributed by atoms with Crippen molar-refractivity contribution >= 4 is 34.7 Å². The van der Waals surface area contributed by atoms with E-state index in [-0.39, 0.29) is 16.6 Å². The molecule has 0 saturated heterocycles. The molecular formula is C13H13NO3S. The van der Waals surface area contributed by atoms with Crippen molar-refractivity contribution in [2.45, 2.75) is 13.8 Å². The number of carbonyl (C=O) groups is 3. The summed E-state index contributed by atoms with van der Waals surface area (Å²) in [5.41, 5.74) is 0.422. The molecule has 0 radical (unpaired) electrons. The molecule has 94 valence electrons. The Labute approximate surface area is 110 Å².